The Morgan fingerprint density at radius 2 is 2.00 bits per heavy atom. The Balaban J connectivity index is 2.15. The van der Waals surface area contributed by atoms with Crippen molar-refractivity contribution in [2.45, 2.75) is 10.6 Å². The number of carbonyl (C=O) groups is 1. The second-order valence-electron chi connectivity index (χ2n) is 4.14. The number of amides is 1. The van der Waals surface area contributed by atoms with Gasteiger partial charge < -0.3 is 11.5 Å². The minimum atomic E-state index is -0.651. The number of hydrogen-bond acceptors (Lipinski definition) is 3. The predicted octanol–water partition coefficient (Wildman–Crippen LogP) is 3.45. The standard InChI is InChI=1S/C14H12ClFN2OS/c15-10-3-4-12(17)13(6-10)20-7-9-2-1-8(14(18)19)5-11(9)16/h1-6H,7,17H2,(H2,18,19). The van der Waals surface area contributed by atoms with Gasteiger partial charge in [-0.1, -0.05) is 17.7 Å². The van der Waals surface area contributed by atoms with Gasteiger partial charge in [0.25, 0.3) is 0 Å². The van der Waals surface area contributed by atoms with Crippen LogP contribution in [0.3, 0.4) is 0 Å². The summed E-state index contributed by atoms with van der Waals surface area (Å²) in [6.07, 6.45) is 0. The first-order valence-electron chi connectivity index (χ1n) is 5.73. The zero-order valence-corrected chi connectivity index (χ0v) is 12.0. The summed E-state index contributed by atoms with van der Waals surface area (Å²) in [5.41, 5.74) is 12.1. The van der Waals surface area contributed by atoms with Crippen molar-refractivity contribution in [2.75, 3.05) is 5.73 Å². The van der Waals surface area contributed by atoms with E-state index in [0.29, 0.717) is 22.0 Å². The Morgan fingerprint density at radius 3 is 2.65 bits per heavy atom. The Labute approximate surface area is 125 Å². The zero-order valence-electron chi connectivity index (χ0n) is 10.4. The van der Waals surface area contributed by atoms with E-state index >= 15 is 0 Å². The van der Waals surface area contributed by atoms with E-state index in [4.69, 9.17) is 23.1 Å². The fourth-order valence-electron chi connectivity index (χ4n) is 1.61. The van der Waals surface area contributed by atoms with Crippen LogP contribution in [-0.4, -0.2) is 5.91 Å². The average Bonchev–Trinajstić information content (AvgIpc) is 2.40. The van der Waals surface area contributed by atoms with Crippen molar-refractivity contribution in [3.8, 4) is 0 Å². The molecule has 0 fully saturated rings. The molecule has 3 nitrogen and oxygen atoms in total. The summed E-state index contributed by atoms with van der Waals surface area (Å²) in [6, 6.07) is 9.32. The highest BCUT2D eigenvalue weighted by molar-refractivity contribution is 7.98. The third-order valence-corrected chi connectivity index (χ3v) is 4.05. The molecule has 6 heteroatoms. The number of thioether (sulfide) groups is 1. The highest BCUT2D eigenvalue weighted by Crippen LogP contribution is 2.31. The molecule has 0 spiro atoms. The SMILES string of the molecule is NC(=O)c1ccc(CSc2cc(Cl)ccc2N)c(F)c1. The van der Waals surface area contributed by atoms with E-state index in [-0.39, 0.29) is 5.56 Å². The van der Waals surface area contributed by atoms with Crippen LogP contribution in [0.2, 0.25) is 5.02 Å². The highest BCUT2D eigenvalue weighted by atomic mass is 35.5. The largest absolute Gasteiger partial charge is 0.398 e. The van der Waals surface area contributed by atoms with E-state index in [1.165, 1.54) is 17.8 Å². The number of nitrogen functional groups attached to an aromatic ring is 1. The van der Waals surface area contributed by atoms with Crippen LogP contribution in [0.25, 0.3) is 0 Å². The second-order valence-corrected chi connectivity index (χ2v) is 5.59. The fourth-order valence-corrected chi connectivity index (χ4v) is 2.83. The first kappa shape index (κ1) is 14.7. The number of hydrogen-bond donors (Lipinski definition) is 2. The van der Waals surface area contributed by atoms with E-state index in [1.807, 2.05) is 0 Å². The van der Waals surface area contributed by atoms with Gasteiger partial charge in [-0.25, -0.2) is 4.39 Å². The lowest BCUT2D eigenvalue weighted by molar-refractivity contribution is 0.1000. The zero-order chi connectivity index (χ0) is 14.7. The van der Waals surface area contributed by atoms with Crippen LogP contribution in [0.4, 0.5) is 10.1 Å². The summed E-state index contributed by atoms with van der Waals surface area (Å²) in [5.74, 6) is -0.730. The van der Waals surface area contributed by atoms with Crippen molar-refractivity contribution in [1.82, 2.24) is 0 Å². The van der Waals surface area contributed by atoms with E-state index in [9.17, 15) is 9.18 Å². The van der Waals surface area contributed by atoms with Crippen molar-refractivity contribution in [3.63, 3.8) is 0 Å². The first-order valence-corrected chi connectivity index (χ1v) is 7.10. The molecule has 0 saturated carbocycles. The molecule has 0 aliphatic carbocycles. The Kier molecular flexibility index (Phi) is 4.52. The molecule has 104 valence electrons. The van der Waals surface area contributed by atoms with Gasteiger partial charge in [0.2, 0.25) is 5.91 Å². The molecule has 0 aliphatic rings. The van der Waals surface area contributed by atoms with Crippen LogP contribution in [0, 0.1) is 5.82 Å². The van der Waals surface area contributed by atoms with Gasteiger partial charge in [-0.3, -0.25) is 4.79 Å². The van der Waals surface area contributed by atoms with Gasteiger partial charge in [-0.05, 0) is 35.9 Å². The van der Waals surface area contributed by atoms with Crippen molar-refractivity contribution >= 4 is 35.0 Å². The monoisotopic (exact) mass is 310 g/mol. The number of rotatable bonds is 4. The number of primary amides is 1. The number of carbonyl (C=O) groups excluding carboxylic acids is 1. The molecule has 0 saturated heterocycles. The van der Waals surface area contributed by atoms with Crippen LogP contribution in [0.1, 0.15) is 15.9 Å². The molecule has 0 aromatic heterocycles. The number of halogens is 2. The van der Waals surface area contributed by atoms with Crippen LogP contribution in [-0.2, 0) is 5.75 Å². The maximum atomic E-state index is 13.8. The molecule has 4 N–H and O–H groups in total. The molecule has 20 heavy (non-hydrogen) atoms. The topological polar surface area (TPSA) is 69.1 Å². The van der Waals surface area contributed by atoms with Crippen LogP contribution < -0.4 is 11.5 Å². The van der Waals surface area contributed by atoms with Gasteiger partial charge in [0.15, 0.2) is 0 Å². The van der Waals surface area contributed by atoms with Crippen molar-refractivity contribution in [1.29, 1.82) is 0 Å². The smallest absolute Gasteiger partial charge is 0.248 e. The van der Waals surface area contributed by atoms with Crippen molar-refractivity contribution < 1.29 is 9.18 Å². The molecular formula is C14H12ClFN2OS. The van der Waals surface area contributed by atoms with Gasteiger partial charge in [0.1, 0.15) is 5.82 Å². The van der Waals surface area contributed by atoms with Gasteiger partial charge in [-0.15, -0.1) is 11.8 Å². The molecule has 0 unspecified atom stereocenters. The van der Waals surface area contributed by atoms with Crippen LogP contribution >= 0.6 is 23.4 Å². The Hall–Kier alpha value is -1.72. The number of benzene rings is 2. The predicted molar refractivity (Wildman–Crippen MR) is 80.3 cm³/mol. The first-order chi connectivity index (χ1) is 9.47. The van der Waals surface area contributed by atoms with Gasteiger partial charge in [0, 0.05) is 26.9 Å². The van der Waals surface area contributed by atoms with Crippen molar-refractivity contribution in [2.24, 2.45) is 5.73 Å². The van der Waals surface area contributed by atoms with E-state index in [1.54, 1.807) is 24.3 Å². The van der Waals surface area contributed by atoms with Crippen LogP contribution in [0.15, 0.2) is 41.3 Å². The maximum absolute atomic E-state index is 13.8. The van der Waals surface area contributed by atoms with E-state index in [2.05, 4.69) is 0 Å². The molecule has 2 rings (SSSR count). The third-order valence-electron chi connectivity index (χ3n) is 2.70. The number of anilines is 1. The maximum Gasteiger partial charge on any atom is 0.248 e. The lowest BCUT2D eigenvalue weighted by Gasteiger charge is -2.07. The molecule has 1 amide bonds. The molecule has 2 aromatic carbocycles. The summed E-state index contributed by atoms with van der Waals surface area (Å²) in [5, 5.41) is 0.575. The van der Waals surface area contributed by atoms with Gasteiger partial charge >= 0.3 is 0 Å². The third kappa shape index (κ3) is 3.43. The van der Waals surface area contributed by atoms with Gasteiger partial charge in [0.05, 0.1) is 0 Å². The molecule has 0 atom stereocenters. The minimum absolute atomic E-state index is 0.151. The molecule has 0 radical (unpaired) electrons. The second kappa shape index (κ2) is 6.15. The average molecular weight is 311 g/mol. The summed E-state index contributed by atoms with van der Waals surface area (Å²) in [7, 11) is 0. The summed E-state index contributed by atoms with van der Waals surface area (Å²) in [6.45, 7) is 0. The quantitative estimate of drug-likeness (QED) is 0.671. The minimum Gasteiger partial charge on any atom is -0.398 e. The molecule has 0 aliphatic heterocycles. The highest BCUT2D eigenvalue weighted by Gasteiger charge is 2.08. The number of nitrogens with two attached hydrogens (primary N) is 2. The lowest BCUT2D eigenvalue weighted by atomic mass is 10.1. The van der Waals surface area contributed by atoms with E-state index < -0.39 is 11.7 Å². The fraction of sp³-hybridized carbons (Fsp3) is 0.0714. The normalized spacial score (nSPS) is 10.5. The summed E-state index contributed by atoms with van der Waals surface area (Å²) in [4.78, 5) is 11.7. The molecule has 2 aromatic rings. The molecule has 0 bridgehead atoms. The Morgan fingerprint density at radius 1 is 1.25 bits per heavy atom. The van der Waals surface area contributed by atoms with Crippen molar-refractivity contribution in [3.05, 3.63) is 58.4 Å². The Bertz CT molecular complexity index is 664. The van der Waals surface area contributed by atoms with E-state index in [0.717, 1.165) is 11.0 Å². The van der Waals surface area contributed by atoms with Gasteiger partial charge in [-0.2, -0.15) is 0 Å². The summed E-state index contributed by atoms with van der Waals surface area (Å²) < 4.78 is 13.8. The lowest BCUT2D eigenvalue weighted by Crippen LogP contribution is -2.11. The molecular weight excluding hydrogens is 299 g/mol. The molecule has 0 heterocycles. The summed E-state index contributed by atoms with van der Waals surface area (Å²) >= 11 is 7.27. The van der Waals surface area contributed by atoms with Crippen LogP contribution in [0.5, 0.6) is 0 Å².